The average molecular weight is 288 g/mol. The summed E-state index contributed by atoms with van der Waals surface area (Å²) in [5.41, 5.74) is 0.208. The Morgan fingerprint density at radius 3 is 2.60 bits per heavy atom. The van der Waals surface area contributed by atoms with Crippen molar-refractivity contribution in [3.8, 4) is 5.75 Å². The quantitative estimate of drug-likeness (QED) is 0.899. The van der Waals surface area contributed by atoms with Crippen molar-refractivity contribution in [1.82, 2.24) is 10.2 Å². The highest BCUT2D eigenvalue weighted by molar-refractivity contribution is 5.39. The van der Waals surface area contributed by atoms with Crippen LogP contribution >= 0.6 is 0 Å². The normalized spacial score (nSPS) is 16.6. The van der Waals surface area contributed by atoms with E-state index in [1.165, 1.54) is 13.2 Å². The van der Waals surface area contributed by atoms with Crippen LogP contribution in [0, 0.1) is 5.82 Å². The molecule has 1 fully saturated rings. The van der Waals surface area contributed by atoms with Crippen molar-refractivity contribution < 1.29 is 17.9 Å². The molecule has 0 aliphatic carbocycles. The topological polar surface area (TPSA) is 24.5 Å². The molecule has 1 heterocycles. The highest BCUT2D eigenvalue weighted by Crippen LogP contribution is 2.29. The second-order valence-corrected chi connectivity index (χ2v) is 4.84. The highest BCUT2D eigenvalue weighted by atomic mass is 19.3. The predicted octanol–water partition coefficient (Wildman–Crippen LogP) is 2.22. The summed E-state index contributed by atoms with van der Waals surface area (Å²) in [6.45, 7) is 4.38. The molecule has 0 amide bonds. The van der Waals surface area contributed by atoms with Crippen molar-refractivity contribution in [3.63, 3.8) is 0 Å². The molecule has 0 bridgehead atoms. The number of halogens is 3. The van der Waals surface area contributed by atoms with Gasteiger partial charge in [-0.15, -0.1) is 0 Å². The number of benzene rings is 1. The molecule has 0 aromatic heterocycles. The number of ether oxygens (including phenoxy) is 1. The molecule has 6 heteroatoms. The Labute approximate surface area is 116 Å². The van der Waals surface area contributed by atoms with Crippen LogP contribution < -0.4 is 10.1 Å². The minimum Gasteiger partial charge on any atom is -0.493 e. The van der Waals surface area contributed by atoms with Crippen LogP contribution in [0.5, 0.6) is 5.75 Å². The monoisotopic (exact) mass is 288 g/mol. The molecule has 20 heavy (non-hydrogen) atoms. The van der Waals surface area contributed by atoms with Crippen molar-refractivity contribution in [3.05, 3.63) is 29.1 Å². The van der Waals surface area contributed by atoms with Crippen molar-refractivity contribution in [2.75, 3.05) is 39.8 Å². The van der Waals surface area contributed by atoms with Crippen LogP contribution in [0.4, 0.5) is 13.2 Å². The lowest BCUT2D eigenvalue weighted by Crippen LogP contribution is -2.44. The number of piperazine rings is 1. The molecule has 0 spiro atoms. The van der Waals surface area contributed by atoms with Gasteiger partial charge in [0.15, 0.2) is 11.6 Å². The standard InChI is InChI=1S/C14H19F3N2O/c1-20-13-10(2-5-19-6-3-18-4-7-19)8-11(14(16)17)9-12(13)15/h8-9,14,18H,2-7H2,1H3. The maximum atomic E-state index is 13.8. The Kier molecular flexibility index (Phi) is 5.25. The Morgan fingerprint density at radius 1 is 1.30 bits per heavy atom. The Hall–Kier alpha value is -1.27. The summed E-state index contributed by atoms with van der Waals surface area (Å²) in [6, 6.07) is 2.19. The van der Waals surface area contributed by atoms with E-state index in [0.717, 1.165) is 32.2 Å². The second-order valence-electron chi connectivity index (χ2n) is 4.84. The molecule has 3 nitrogen and oxygen atoms in total. The van der Waals surface area contributed by atoms with Gasteiger partial charge in [-0.25, -0.2) is 13.2 Å². The first-order valence-electron chi connectivity index (χ1n) is 6.69. The summed E-state index contributed by atoms with van der Waals surface area (Å²) in [5, 5.41) is 3.24. The number of rotatable bonds is 5. The van der Waals surface area contributed by atoms with Crippen LogP contribution in [-0.2, 0) is 6.42 Å². The van der Waals surface area contributed by atoms with Gasteiger partial charge in [-0.2, -0.15) is 0 Å². The maximum Gasteiger partial charge on any atom is 0.263 e. The van der Waals surface area contributed by atoms with Gasteiger partial charge in [-0.3, -0.25) is 0 Å². The fourth-order valence-corrected chi connectivity index (χ4v) is 2.43. The zero-order valence-electron chi connectivity index (χ0n) is 11.5. The number of hydrogen-bond acceptors (Lipinski definition) is 3. The number of nitrogens with one attached hydrogen (secondary N) is 1. The van der Waals surface area contributed by atoms with Gasteiger partial charge in [0.25, 0.3) is 6.43 Å². The largest absolute Gasteiger partial charge is 0.493 e. The van der Waals surface area contributed by atoms with Gasteiger partial charge in [0, 0.05) is 38.3 Å². The van der Waals surface area contributed by atoms with Gasteiger partial charge in [-0.05, 0) is 24.1 Å². The Balaban J connectivity index is 2.11. The highest BCUT2D eigenvalue weighted by Gasteiger charge is 2.17. The minimum atomic E-state index is -2.67. The molecule has 0 atom stereocenters. The summed E-state index contributed by atoms with van der Waals surface area (Å²) < 4.78 is 44.2. The lowest BCUT2D eigenvalue weighted by Gasteiger charge is -2.27. The van der Waals surface area contributed by atoms with E-state index in [-0.39, 0.29) is 11.3 Å². The van der Waals surface area contributed by atoms with E-state index in [4.69, 9.17) is 4.74 Å². The molecule has 1 aromatic rings. The van der Waals surface area contributed by atoms with Crippen LogP contribution in [0.1, 0.15) is 17.6 Å². The summed E-state index contributed by atoms with van der Waals surface area (Å²) >= 11 is 0. The molecule has 0 radical (unpaired) electrons. The first-order valence-corrected chi connectivity index (χ1v) is 6.69. The van der Waals surface area contributed by atoms with E-state index in [9.17, 15) is 13.2 Å². The molecule has 1 N–H and O–H groups in total. The van der Waals surface area contributed by atoms with E-state index in [1.807, 2.05) is 0 Å². The molecular weight excluding hydrogens is 269 g/mol. The van der Waals surface area contributed by atoms with Crippen LogP contribution in [-0.4, -0.2) is 44.7 Å². The first-order chi connectivity index (χ1) is 9.61. The lowest BCUT2D eigenvalue weighted by molar-refractivity contribution is 0.150. The zero-order chi connectivity index (χ0) is 14.5. The molecule has 1 saturated heterocycles. The van der Waals surface area contributed by atoms with Crippen molar-refractivity contribution >= 4 is 0 Å². The fourth-order valence-electron chi connectivity index (χ4n) is 2.43. The molecule has 112 valence electrons. The molecule has 1 aliphatic rings. The Bertz CT molecular complexity index is 448. The Morgan fingerprint density at radius 2 is 2.00 bits per heavy atom. The third-order valence-corrected chi connectivity index (χ3v) is 3.51. The molecule has 1 aromatic carbocycles. The fraction of sp³-hybridized carbons (Fsp3) is 0.571. The van der Waals surface area contributed by atoms with Gasteiger partial charge in [0.05, 0.1) is 7.11 Å². The number of methoxy groups -OCH3 is 1. The summed E-state index contributed by atoms with van der Waals surface area (Å²) in [4.78, 5) is 2.23. The maximum absolute atomic E-state index is 13.8. The van der Waals surface area contributed by atoms with E-state index in [1.54, 1.807) is 0 Å². The third kappa shape index (κ3) is 3.64. The molecule has 0 unspecified atom stereocenters. The van der Waals surface area contributed by atoms with Gasteiger partial charge in [0.2, 0.25) is 0 Å². The number of nitrogens with zero attached hydrogens (tertiary/aromatic N) is 1. The van der Waals surface area contributed by atoms with E-state index >= 15 is 0 Å². The number of hydrogen-bond donors (Lipinski definition) is 1. The van der Waals surface area contributed by atoms with E-state index < -0.39 is 12.2 Å². The predicted molar refractivity (Wildman–Crippen MR) is 70.9 cm³/mol. The van der Waals surface area contributed by atoms with Crippen LogP contribution in [0.3, 0.4) is 0 Å². The molecule has 1 aliphatic heterocycles. The summed E-state index contributed by atoms with van der Waals surface area (Å²) in [6.07, 6.45) is -2.17. The van der Waals surface area contributed by atoms with Gasteiger partial charge in [0.1, 0.15) is 0 Å². The third-order valence-electron chi connectivity index (χ3n) is 3.51. The average Bonchev–Trinajstić information content (AvgIpc) is 2.45. The van der Waals surface area contributed by atoms with Crippen molar-refractivity contribution in [2.24, 2.45) is 0 Å². The van der Waals surface area contributed by atoms with Crippen molar-refractivity contribution in [1.29, 1.82) is 0 Å². The molecular formula is C14H19F3N2O. The van der Waals surface area contributed by atoms with Crippen LogP contribution in [0.2, 0.25) is 0 Å². The van der Waals surface area contributed by atoms with Crippen LogP contribution in [0.15, 0.2) is 12.1 Å². The van der Waals surface area contributed by atoms with E-state index in [0.29, 0.717) is 18.5 Å². The van der Waals surface area contributed by atoms with Crippen molar-refractivity contribution in [2.45, 2.75) is 12.8 Å². The zero-order valence-corrected chi connectivity index (χ0v) is 11.5. The first kappa shape index (κ1) is 15.1. The lowest BCUT2D eigenvalue weighted by atomic mass is 10.1. The van der Waals surface area contributed by atoms with E-state index in [2.05, 4.69) is 10.2 Å². The summed E-state index contributed by atoms with van der Waals surface area (Å²) in [5.74, 6) is -0.648. The van der Waals surface area contributed by atoms with Crippen LogP contribution in [0.25, 0.3) is 0 Å². The smallest absolute Gasteiger partial charge is 0.263 e. The summed E-state index contributed by atoms with van der Waals surface area (Å²) in [7, 11) is 1.36. The van der Waals surface area contributed by atoms with Gasteiger partial charge in [-0.1, -0.05) is 0 Å². The molecule has 2 rings (SSSR count). The van der Waals surface area contributed by atoms with Gasteiger partial charge < -0.3 is 15.0 Å². The minimum absolute atomic E-state index is 0.0736. The second kappa shape index (κ2) is 6.95. The molecule has 0 saturated carbocycles. The number of alkyl halides is 2. The van der Waals surface area contributed by atoms with Gasteiger partial charge >= 0.3 is 0 Å². The SMILES string of the molecule is COc1c(F)cc(C(F)F)cc1CCN1CCNCC1.